The Kier molecular flexibility index (Phi) is 2.80. The van der Waals surface area contributed by atoms with Gasteiger partial charge in [-0.15, -0.1) is 0 Å². The predicted octanol–water partition coefficient (Wildman–Crippen LogP) is 2.31. The van der Waals surface area contributed by atoms with Crippen molar-refractivity contribution in [2.45, 2.75) is 6.92 Å². The average molecular weight is 180 g/mol. The summed E-state index contributed by atoms with van der Waals surface area (Å²) in [5.41, 5.74) is 0.741. The van der Waals surface area contributed by atoms with Gasteiger partial charge in [-0.1, -0.05) is 12.1 Å². The van der Waals surface area contributed by atoms with Crippen LogP contribution in [0.2, 0.25) is 0 Å². The summed E-state index contributed by atoms with van der Waals surface area (Å²) in [5, 5.41) is 8.55. The zero-order chi connectivity index (χ0) is 9.84. The highest BCUT2D eigenvalue weighted by molar-refractivity contribution is 5.91. The van der Waals surface area contributed by atoms with Crippen LogP contribution in [0.3, 0.4) is 0 Å². The third kappa shape index (κ3) is 2.71. The number of halogens is 1. The first-order chi connectivity index (χ1) is 6.09. The first-order valence-electron chi connectivity index (χ1n) is 3.77. The van der Waals surface area contributed by atoms with E-state index < -0.39 is 5.97 Å². The average Bonchev–Trinajstić information content (AvgIpc) is 2.04. The monoisotopic (exact) mass is 180 g/mol. The van der Waals surface area contributed by atoms with Gasteiger partial charge in [-0.3, -0.25) is 0 Å². The Balaban J connectivity index is 2.97. The van der Waals surface area contributed by atoms with Gasteiger partial charge in [0, 0.05) is 5.57 Å². The molecule has 0 aliphatic carbocycles. The summed E-state index contributed by atoms with van der Waals surface area (Å²) in [7, 11) is 0. The molecular weight excluding hydrogens is 171 g/mol. The van der Waals surface area contributed by atoms with E-state index in [1.165, 1.54) is 31.2 Å². The fourth-order valence-corrected chi connectivity index (χ4v) is 0.908. The molecule has 0 radical (unpaired) electrons. The van der Waals surface area contributed by atoms with Crippen molar-refractivity contribution < 1.29 is 14.3 Å². The minimum absolute atomic E-state index is 0.186. The number of hydrogen-bond donors (Lipinski definition) is 1. The van der Waals surface area contributed by atoms with Crippen LogP contribution in [0.25, 0.3) is 6.08 Å². The Hall–Kier alpha value is -1.64. The van der Waals surface area contributed by atoms with Crippen LogP contribution >= 0.6 is 0 Å². The smallest absolute Gasteiger partial charge is 0.331 e. The van der Waals surface area contributed by atoms with Gasteiger partial charge in [-0.05, 0) is 30.7 Å². The van der Waals surface area contributed by atoms with Gasteiger partial charge >= 0.3 is 5.97 Å². The highest BCUT2D eigenvalue weighted by atomic mass is 19.1. The second-order valence-electron chi connectivity index (χ2n) is 2.69. The molecule has 0 aliphatic rings. The van der Waals surface area contributed by atoms with E-state index in [-0.39, 0.29) is 11.4 Å². The summed E-state index contributed by atoms with van der Waals surface area (Å²) < 4.78 is 12.6. The maximum atomic E-state index is 12.6. The lowest BCUT2D eigenvalue weighted by atomic mass is 10.1. The fourth-order valence-electron chi connectivity index (χ4n) is 0.908. The van der Waals surface area contributed by atoms with Gasteiger partial charge in [0.25, 0.3) is 0 Å². The summed E-state index contributed by atoms with van der Waals surface area (Å²) in [6.07, 6.45) is 1.42. The summed E-state index contributed by atoms with van der Waals surface area (Å²) in [6, 6.07) is 5.78. The van der Waals surface area contributed by atoms with Gasteiger partial charge in [0.2, 0.25) is 0 Å². The molecule has 0 saturated carbocycles. The fraction of sp³-hybridized carbons (Fsp3) is 0.100. The Labute approximate surface area is 75.3 Å². The second-order valence-corrected chi connectivity index (χ2v) is 2.69. The number of benzene rings is 1. The molecule has 0 bridgehead atoms. The van der Waals surface area contributed by atoms with E-state index in [1.54, 1.807) is 6.07 Å². The molecule has 0 spiro atoms. The highest BCUT2D eigenvalue weighted by Gasteiger charge is 1.99. The third-order valence-electron chi connectivity index (χ3n) is 1.57. The van der Waals surface area contributed by atoms with E-state index in [4.69, 9.17) is 5.11 Å². The maximum Gasteiger partial charge on any atom is 0.331 e. The molecule has 2 nitrogen and oxygen atoms in total. The molecule has 68 valence electrons. The number of carbonyl (C=O) groups is 1. The molecule has 0 saturated heterocycles. The molecule has 1 rings (SSSR count). The van der Waals surface area contributed by atoms with Crippen LogP contribution < -0.4 is 0 Å². The van der Waals surface area contributed by atoms with Gasteiger partial charge in [-0.25, -0.2) is 9.18 Å². The lowest BCUT2D eigenvalue weighted by Gasteiger charge is -1.95. The lowest BCUT2D eigenvalue weighted by molar-refractivity contribution is -0.132. The molecule has 13 heavy (non-hydrogen) atoms. The van der Waals surface area contributed by atoms with Crippen molar-refractivity contribution in [2.24, 2.45) is 0 Å². The Morgan fingerprint density at radius 2 is 2.23 bits per heavy atom. The summed E-state index contributed by atoms with van der Waals surface area (Å²) in [4.78, 5) is 10.4. The van der Waals surface area contributed by atoms with E-state index in [0.717, 1.165) is 0 Å². The van der Waals surface area contributed by atoms with Crippen molar-refractivity contribution in [1.82, 2.24) is 0 Å². The van der Waals surface area contributed by atoms with Crippen LogP contribution in [0, 0.1) is 5.82 Å². The Morgan fingerprint density at radius 1 is 1.54 bits per heavy atom. The minimum Gasteiger partial charge on any atom is -0.478 e. The van der Waals surface area contributed by atoms with Crippen LogP contribution in [-0.2, 0) is 4.79 Å². The van der Waals surface area contributed by atoms with Gasteiger partial charge in [0.05, 0.1) is 0 Å². The van der Waals surface area contributed by atoms with E-state index in [0.29, 0.717) is 5.56 Å². The number of carboxylic acids is 1. The summed E-state index contributed by atoms with van der Waals surface area (Å²) in [6.45, 7) is 1.47. The number of aliphatic carboxylic acids is 1. The molecular formula is C10H9FO2. The first-order valence-corrected chi connectivity index (χ1v) is 3.77. The number of hydrogen-bond acceptors (Lipinski definition) is 1. The normalized spacial score (nSPS) is 11.4. The zero-order valence-electron chi connectivity index (χ0n) is 7.12. The van der Waals surface area contributed by atoms with E-state index in [9.17, 15) is 9.18 Å². The molecule has 0 atom stereocenters. The van der Waals surface area contributed by atoms with Crippen LogP contribution in [0.15, 0.2) is 29.8 Å². The predicted molar refractivity (Wildman–Crippen MR) is 47.7 cm³/mol. The van der Waals surface area contributed by atoms with Crippen molar-refractivity contribution in [3.8, 4) is 0 Å². The maximum absolute atomic E-state index is 12.6. The van der Waals surface area contributed by atoms with Gasteiger partial charge in [-0.2, -0.15) is 0 Å². The highest BCUT2D eigenvalue weighted by Crippen LogP contribution is 2.08. The molecule has 0 aromatic heterocycles. The zero-order valence-corrected chi connectivity index (χ0v) is 7.12. The van der Waals surface area contributed by atoms with E-state index >= 15 is 0 Å². The third-order valence-corrected chi connectivity index (χ3v) is 1.57. The van der Waals surface area contributed by atoms with E-state index in [1.807, 2.05) is 0 Å². The topological polar surface area (TPSA) is 37.3 Å². The Bertz CT molecular complexity index is 356. The van der Waals surface area contributed by atoms with Gasteiger partial charge in [0.15, 0.2) is 0 Å². The largest absolute Gasteiger partial charge is 0.478 e. The second kappa shape index (κ2) is 3.85. The Morgan fingerprint density at radius 3 is 2.77 bits per heavy atom. The summed E-state index contributed by atoms with van der Waals surface area (Å²) >= 11 is 0. The SMILES string of the molecule is C/C(=C/c1cccc(F)c1)C(=O)O. The lowest BCUT2D eigenvalue weighted by Crippen LogP contribution is -1.95. The quantitative estimate of drug-likeness (QED) is 0.709. The minimum atomic E-state index is -0.996. The number of rotatable bonds is 2. The molecule has 3 heteroatoms. The van der Waals surface area contributed by atoms with Gasteiger partial charge < -0.3 is 5.11 Å². The van der Waals surface area contributed by atoms with Gasteiger partial charge in [0.1, 0.15) is 5.82 Å². The molecule has 0 unspecified atom stereocenters. The van der Waals surface area contributed by atoms with Crippen LogP contribution in [-0.4, -0.2) is 11.1 Å². The van der Waals surface area contributed by atoms with Crippen molar-refractivity contribution in [1.29, 1.82) is 0 Å². The molecule has 0 fully saturated rings. The van der Waals surface area contributed by atoms with Crippen molar-refractivity contribution in [2.75, 3.05) is 0 Å². The van der Waals surface area contributed by atoms with Crippen LogP contribution in [0.4, 0.5) is 4.39 Å². The molecule has 1 aromatic rings. The first kappa shape index (κ1) is 9.45. The van der Waals surface area contributed by atoms with Crippen molar-refractivity contribution in [3.05, 3.63) is 41.2 Å². The van der Waals surface area contributed by atoms with Crippen LogP contribution in [0.1, 0.15) is 12.5 Å². The summed E-state index contributed by atoms with van der Waals surface area (Å²) in [5.74, 6) is -1.36. The van der Waals surface area contributed by atoms with Crippen molar-refractivity contribution in [3.63, 3.8) is 0 Å². The van der Waals surface area contributed by atoms with E-state index in [2.05, 4.69) is 0 Å². The standard InChI is InChI=1S/C10H9FO2/c1-7(10(12)13)5-8-3-2-4-9(11)6-8/h2-6H,1H3,(H,12,13)/b7-5-. The molecule has 0 amide bonds. The molecule has 1 aromatic carbocycles. The molecule has 0 aliphatic heterocycles. The number of carboxylic acid groups (broad SMARTS) is 1. The van der Waals surface area contributed by atoms with Crippen molar-refractivity contribution >= 4 is 12.0 Å². The van der Waals surface area contributed by atoms with Crippen LogP contribution in [0.5, 0.6) is 0 Å². The molecule has 0 heterocycles. The molecule has 1 N–H and O–H groups in total.